The lowest BCUT2D eigenvalue weighted by atomic mass is 10.1. The highest BCUT2D eigenvalue weighted by molar-refractivity contribution is 5.92. The summed E-state index contributed by atoms with van der Waals surface area (Å²) in [5.41, 5.74) is 2.70. The van der Waals surface area contributed by atoms with E-state index < -0.39 is 0 Å². The molecule has 29 heavy (non-hydrogen) atoms. The van der Waals surface area contributed by atoms with E-state index in [2.05, 4.69) is 32.6 Å². The standard InChI is InChI=1S/C21H24N6O2/c1-15(28)26-10-12-27(13-11-26)21(29)19-6-7-20(25-24-19)22-9-8-16-14-23-18-5-3-2-4-17(16)18/h2-7,14,23H,8-13H2,1H3,(H,22,25). The first-order chi connectivity index (χ1) is 14.1. The van der Waals surface area contributed by atoms with E-state index in [1.54, 1.807) is 28.9 Å². The molecule has 2 aromatic heterocycles. The number of fused-ring (bicyclic) bond motifs is 1. The fourth-order valence-corrected chi connectivity index (χ4v) is 3.59. The second-order valence-electron chi connectivity index (χ2n) is 7.14. The molecule has 0 radical (unpaired) electrons. The third kappa shape index (κ3) is 4.21. The van der Waals surface area contributed by atoms with Crippen LogP contribution in [0.5, 0.6) is 0 Å². The molecule has 0 bridgehead atoms. The molecule has 0 aliphatic carbocycles. The average molecular weight is 392 g/mol. The van der Waals surface area contributed by atoms with Gasteiger partial charge in [0, 0.05) is 56.7 Å². The lowest BCUT2D eigenvalue weighted by molar-refractivity contribution is -0.130. The van der Waals surface area contributed by atoms with Crippen molar-refractivity contribution < 1.29 is 9.59 Å². The number of rotatable bonds is 5. The molecule has 0 saturated carbocycles. The molecule has 150 valence electrons. The molecule has 1 saturated heterocycles. The van der Waals surface area contributed by atoms with Crippen molar-refractivity contribution in [1.29, 1.82) is 0 Å². The number of benzene rings is 1. The van der Waals surface area contributed by atoms with Gasteiger partial charge in [0.05, 0.1) is 0 Å². The molecule has 1 fully saturated rings. The quantitative estimate of drug-likeness (QED) is 0.692. The highest BCUT2D eigenvalue weighted by Gasteiger charge is 2.24. The largest absolute Gasteiger partial charge is 0.368 e. The third-order valence-corrected chi connectivity index (χ3v) is 5.27. The van der Waals surface area contributed by atoms with Crippen LogP contribution in [0.1, 0.15) is 23.0 Å². The Hall–Kier alpha value is -3.42. The number of aromatic amines is 1. The molecule has 3 aromatic rings. The van der Waals surface area contributed by atoms with E-state index in [1.165, 1.54) is 10.9 Å². The second kappa shape index (κ2) is 8.30. The number of aromatic nitrogens is 3. The van der Waals surface area contributed by atoms with Gasteiger partial charge < -0.3 is 20.1 Å². The van der Waals surface area contributed by atoms with Gasteiger partial charge in [-0.05, 0) is 30.2 Å². The predicted molar refractivity (Wildman–Crippen MR) is 111 cm³/mol. The topological polar surface area (TPSA) is 94.2 Å². The van der Waals surface area contributed by atoms with Crippen LogP contribution in [0.15, 0.2) is 42.6 Å². The van der Waals surface area contributed by atoms with Gasteiger partial charge in [0.25, 0.3) is 5.91 Å². The molecule has 4 rings (SSSR count). The van der Waals surface area contributed by atoms with Gasteiger partial charge in [-0.1, -0.05) is 18.2 Å². The number of nitrogens with one attached hydrogen (secondary N) is 2. The van der Waals surface area contributed by atoms with Crippen LogP contribution in [-0.2, 0) is 11.2 Å². The summed E-state index contributed by atoms with van der Waals surface area (Å²) in [4.78, 5) is 30.7. The first kappa shape index (κ1) is 18.9. The highest BCUT2D eigenvalue weighted by atomic mass is 16.2. The zero-order valence-electron chi connectivity index (χ0n) is 16.4. The number of carbonyl (C=O) groups is 2. The Kier molecular flexibility index (Phi) is 5.41. The van der Waals surface area contributed by atoms with E-state index in [0.717, 1.165) is 18.5 Å². The van der Waals surface area contributed by atoms with Crippen molar-refractivity contribution in [2.45, 2.75) is 13.3 Å². The van der Waals surface area contributed by atoms with E-state index in [-0.39, 0.29) is 11.8 Å². The van der Waals surface area contributed by atoms with Crippen LogP contribution >= 0.6 is 0 Å². The van der Waals surface area contributed by atoms with E-state index in [9.17, 15) is 9.59 Å². The first-order valence-corrected chi connectivity index (χ1v) is 9.79. The number of nitrogens with zero attached hydrogens (tertiary/aromatic N) is 4. The second-order valence-corrected chi connectivity index (χ2v) is 7.14. The number of para-hydroxylation sites is 1. The minimum Gasteiger partial charge on any atom is -0.368 e. The summed E-state index contributed by atoms with van der Waals surface area (Å²) < 4.78 is 0. The van der Waals surface area contributed by atoms with Crippen LogP contribution in [-0.4, -0.2) is 69.5 Å². The van der Waals surface area contributed by atoms with Gasteiger partial charge in [-0.25, -0.2) is 0 Å². The molecule has 8 heteroatoms. The number of H-pyrrole nitrogens is 1. The van der Waals surface area contributed by atoms with E-state index in [4.69, 9.17) is 0 Å². The van der Waals surface area contributed by atoms with Gasteiger partial charge >= 0.3 is 0 Å². The van der Waals surface area contributed by atoms with Crippen molar-refractivity contribution in [3.05, 3.63) is 53.9 Å². The molecule has 1 aromatic carbocycles. The Labute approximate surface area is 168 Å². The first-order valence-electron chi connectivity index (χ1n) is 9.79. The number of amides is 2. The minimum atomic E-state index is -0.147. The van der Waals surface area contributed by atoms with Crippen molar-refractivity contribution in [2.75, 3.05) is 38.0 Å². The lowest BCUT2D eigenvalue weighted by Gasteiger charge is -2.33. The molecule has 0 atom stereocenters. The summed E-state index contributed by atoms with van der Waals surface area (Å²) in [6.07, 6.45) is 2.89. The van der Waals surface area contributed by atoms with Gasteiger partial charge in [-0.2, -0.15) is 0 Å². The SMILES string of the molecule is CC(=O)N1CCN(C(=O)c2ccc(NCCc3c[nH]c4ccccc34)nn2)CC1. The van der Waals surface area contributed by atoms with Crippen LogP contribution in [0.25, 0.3) is 10.9 Å². The van der Waals surface area contributed by atoms with Crippen LogP contribution in [0.4, 0.5) is 5.82 Å². The van der Waals surface area contributed by atoms with Crippen molar-refractivity contribution in [1.82, 2.24) is 25.0 Å². The van der Waals surface area contributed by atoms with Crippen LogP contribution in [0, 0.1) is 0 Å². The Morgan fingerprint density at radius 2 is 1.79 bits per heavy atom. The van der Waals surface area contributed by atoms with Crippen LogP contribution in [0.3, 0.4) is 0 Å². The predicted octanol–water partition coefficient (Wildman–Crippen LogP) is 1.92. The van der Waals surface area contributed by atoms with Gasteiger partial charge in [-0.15, -0.1) is 10.2 Å². The molecule has 2 N–H and O–H groups in total. The average Bonchev–Trinajstić information content (AvgIpc) is 3.17. The Morgan fingerprint density at radius 1 is 1.03 bits per heavy atom. The summed E-state index contributed by atoms with van der Waals surface area (Å²) >= 11 is 0. The summed E-state index contributed by atoms with van der Waals surface area (Å²) in [6, 6.07) is 11.7. The fraction of sp³-hybridized carbons (Fsp3) is 0.333. The van der Waals surface area contributed by atoms with E-state index in [0.29, 0.717) is 37.7 Å². The summed E-state index contributed by atoms with van der Waals surface area (Å²) in [5.74, 6) is 0.536. The molecule has 1 aliphatic heterocycles. The molecule has 2 amide bonds. The number of hydrogen-bond acceptors (Lipinski definition) is 5. The molecular weight excluding hydrogens is 368 g/mol. The van der Waals surface area contributed by atoms with Crippen molar-refractivity contribution in [3.8, 4) is 0 Å². The molecular formula is C21H24N6O2. The number of hydrogen-bond donors (Lipinski definition) is 2. The van der Waals surface area contributed by atoms with E-state index >= 15 is 0 Å². The summed E-state index contributed by atoms with van der Waals surface area (Å²) in [5, 5.41) is 12.7. The van der Waals surface area contributed by atoms with Gasteiger partial charge in [0.15, 0.2) is 5.69 Å². The van der Waals surface area contributed by atoms with Gasteiger partial charge in [0.2, 0.25) is 5.91 Å². The molecule has 0 spiro atoms. The van der Waals surface area contributed by atoms with E-state index in [1.807, 2.05) is 18.3 Å². The monoisotopic (exact) mass is 392 g/mol. The van der Waals surface area contributed by atoms with Crippen LogP contribution in [0.2, 0.25) is 0 Å². The maximum atomic E-state index is 12.6. The Bertz CT molecular complexity index is 1010. The van der Waals surface area contributed by atoms with Crippen molar-refractivity contribution >= 4 is 28.5 Å². The Balaban J connectivity index is 1.30. The number of carbonyl (C=O) groups excluding carboxylic acids is 2. The Morgan fingerprint density at radius 3 is 2.52 bits per heavy atom. The van der Waals surface area contributed by atoms with Gasteiger partial charge in [0.1, 0.15) is 5.82 Å². The maximum Gasteiger partial charge on any atom is 0.274 e. The van der Waals surface area contributed by atoms with Crippen molar-refractivity contribution in [3.63, 3.8) is 0 Å². The minimum absolute atomic E-state index is 0.0416. The third-order valence-electron chi connectivity index (χ3n) is 5.27. The molecule has 8 nitrogen and oxygen atoms in total. The van der Waals surface area contributed by atoms with Gasteiger partial charge in [-0.3, -0.25) is 9.59 Å². The lowest BCUT2D eigenvalue weighted by Crippen LogP contribution is -2.50. The molecule has 0 unspecified atom stereocenters. The molecule has 3 heterocycles. The smallest absolute Gasteiger partial charge is 0.274 e. The summed E-state index contributed by atoms with van der Waals surface area (Å²) in [7, 11) is 0. The fourth-order valence-electron chi connectivity index (χ4n) is 3.59. The zero-order chi connectivity index (χ0) is 20.2. The van der Waals surface area contributed by atoms with Crippen molar-refractivity contribution in [2.24, 2.45) is 0 Å². The normalized spacial score (nSPS) is 14.2. The van der Waals surface area contributed by atoms with Crippen LogP contribution < -0.4 is 5.32 Å². The summed E-state index contributed by atoms with van der Waals surface area (Å²) in [6.45, 7) is 4.42. The highest BCUT2D eigenvalue weighted by Crippen LogP contribution is 2.18. The number of anilines is 1. The molecule has 1 aliphatic rings. The maximum absolute atomic E-state index is 12.6. The zero-order valence-corrected chi connectivity index (χ0v) is 16.4. The number of piperazine rings is 1.